The Morgan fingerprint density at radius 1 is 1.27 bits per heavy atom. The van der Waals surface area contributed by atoms with Crippen molar-refractivity contribution in [2.45, 2.75) is 25.6 Å². The smallest absolute Gasteiger partial charge is 0.230 e. The van der Waals surface area contributed by atoms with E-state index in [-0.39, 0.29) is 11.9 Å². The summed E-state index contributed by atoms with van der Waals surface area (Å²) in [5.41, 5.74) is 2.76. The van der Waals surface area contributed by atoms with E-state index in [4.69, 9.17) is 0 Å². The number of hydrogen-bond donors (Lipinski definition) is 2. The SMILES string of the molecule is Cc1ccnc(-c2n[nH]c(C(C)NC(=O)CSCc3ccccn3)n2)c1. The van der Waals surface area contributed by atoms with Crippen LogP contribution in [0.5, 0.6) is 0 Å². The molecular weight excluding hydrogens is 348 g/mol. The Balaban J connectivity index is 1.51. The van der Waals surface area contributed by atoms with Gasteiger partial charge < -0.3 is 5.32 Å². The zero-order valence-corrected chi connectivity index (χ0v) is 15.5. The zero-order chi connectivity index (χ0) is 18.4. The molecule has 1 amide bonds. The number of nitrogens with one attached hydrogen (secondary N) is 2. The van der Waals surface area contributed by atoms with Crippen LogP contribution in [-0.2, 0) is 10.5 Å². The molecule has 3 aromatic heterocycles. The molecule has 1 unspecified atom stereocenters. The van der Waals surface area contributed by atoms with E-state index >= 15 is 0 Å². The molecule has 8 heteroatoms. The van der Waals surface area contributed by atoms with Gasteiger partial charge in [-0.1, -0.05) is 6.07 Å². The van der Waals surface area contributed by atoms with E-state index in [0.29, 0.717) is 28.8 Å². The fourth-order valence-electron chi connectivity index (χ4n) is 2.32. The molecule has 134 valence electrons. The average Bonchev–Trinajstić information content (AvgIpc) is 3.13. The lowest BCUT2D eigenvalue weighted by Gasteiger charge is -2.10. The topological polar surface area (TPSA) is 96.5 Å². The number of hydrogen-bond acceptors (Lipinski definition) is 6. The van der Waals surface area contributed by atoms with Crippen LogP contribution in [0.1, 0.15) is 30.0 Å². The number of pyridine rings is 2. The van der Waals surface area contributed by atoms with E-state index in [2.05, 4.69) is 30.5 Å². The predicted molar refractivity (Wildman–Crippen MR) is 101 cm³/mol. The molecule has 0 spiro atoms. The lowest BCUT2D eigenvalue weighted by molar-refractivity contribution is -0.119. The lowest BCUT2D eigenvalue weighted by atomic mass is 10.2. The maximum Gasteiger partial charge on any atom is 0.230 e. The van der Waals surface area contributed by atoms with Gasteiger partial charge in [0.05, 0.1) is 17.5 Å². The van der Waals surface area contributed by atoms with Gasteiger partial charge in [0.2, 0.25) is 5.91 Å². The first-order valence-corrected chi connectivity index (χ1v) is 9.39. The van der Waals surface area contributed by atoms with Crippen LogP contribution in [0.2, 0.25) is 0 Å². The van der Waals surface area contributed by atoms with Crippen molar-refractivity contribution in [3.63, 3.8) is 0 Å². The first kappa shape index (κ1) is 18.1. The number of thioether (sulfide) groups is 1. The second-order valence-corrected chi connectivity index (χ2v) is 6.85. The summed E-state index contributed by atoms with van der Waals surface area (Å²) in [5, 5.41) is 10.00. The van der Waals surface area contributed by atoms with Crippen molar-refractivity contribution in [2.75, 3.05) is 5.75 Å². The van der Waals surface area contributed by atoms with Crippen molar-refractivity contribution in [1.82, 2.24) is 30.5 Å². The summed E-state index contributed by atoms with van der Waals surface area (Å²) in [7, 11) is 0. The number of aromatic nitrogens is 5. The summed E-state index contributed by atoms with van der Waals surface area (Å²) in [6.07, 6.45) is 3.48. The molecular formula is C18H20N6OS. The maximum atomic E-state index is 12.1. The molecule has 0 aromatic carbocycles. The number of carbonyl (C=O) groups is 1. The highest BCUT2D eigenvalue weighted by atomic mass is 32.2. The fraction of sp³-hybridized carbons (Fsp3) is 0.278. The molecule has 3 rings (SSSR count). The van der Waals surface area contributed by atoms with Crippen LogP contribution < -0.4 is 5.32 Å². The Labute approximate surface area is 156 Å². The molecule has 0 aliphatic rings. The highest BCUT2D eigenvalue weighted by Gasteiger charge is 2.15. The van der Waals surface area contributed by atoms with Crippen molar-refractivity contribution in [2.24, 2.45) is 0 Å². The van der Waals surface area contributed by atoms with E-state index in [9.17, 15) is 4.79 Å². The van der Waals surface area contributed by atoms with Gasteiger partial charge in [-0.2, -0.15) is 5.10 Å². The number of carbonyl (C=O) groups excluding carboxylic acids is 1. The molecule has 26 heavy (non-hydrogen) atoms. The molecule has 0 saturated heterocycles. The largest absolute Gasteiger partial charge is 0.346 e. The van der Waals surface area contributed by atoms with Crippen LogP contribution >= 0.6 is 11.8 Å². The van der Waals surface area contributed by atoms with E-state index in [1.807, 2.05) is 44.2 Å². The summed E-state index contributed by atoms with van der Waals surface area (Å²) >= 11 is 1.52. The zero-order valence-electron chi connectivity index (χ0n) is 14.6. The lowest BCUT2D eigenvalue weighted by Crippen LogP contribution is -2.28. The van der Waals surface area contributed by atoms with Crippen molar-refractivity contribution in [3.05, 3.63) is 59.8 Å². The first-order valence-electron chi connectivity index (χ1n) is 8.24. The van der Waals surface area contributed by atoms with Crippen molar-refractivity contribution in [1.29, 1.82) is 0 Å². The number of aromatic amines is 1. The van der Waals surface area contributed by atoms with Crippen LogP contribution in [0.4, 0.5) is 0 Å². The van der Waals surface area contributed by atoms with Crippen LogP contribution in [0.15, 0.2) is 42.7 Å². The van der Waals surface area contributed by atoms with Gasteiger partial charge in [-0.3, -0.25) is 19.9 Å². The number of H-pyrrole nitrogens is 1. The number of rotatable bonds is 7. The third-order valence-corrected chi connectivity index (χ3v) is 4.61. The summed E-state index contributed by atoms with van der Waals surface area (Å²) in [5.74, 6) is 2.14. The molecule has 3 heterocycles. The summed E-state index contributed by atoms with van der Waals surface area (Å²) in [4.78, 5) is 25.1. The average molecular weight is 368 g/mol. The minimum atomic E-state index is -0.260. The Morgan fingerprint density at radius 2 is 2.15 bits per heavy atom. The van der Waals surface area contributed by atoms with Gasteiger partial charge in [-0.25, -0.2) is 4.98 Å². The first-order chi connectivity index (χ1) is 12.6. The molecule has 0 radical (unpaired) electrons. The van der Waals surface area contributed by atoms with E-state index in [1.165, 1.54) is 11.8 Å². The van der Waals surface area contributed by atoms with Gasteiger partial charge >= 0.3 is 0 Å². The predicted octanol–water partition coefficient (Wildman–Crippen LogP) is 2.68. The minimum Gasteiger partial charge on any atom is -0.346 e. The molecule has 7 nitrogen and oxygen atoms in total. The van der Waals surface area contributed by atoms with Gasteiger partial charge in [-0.15, -0.1) is 11.8 Å². The Kier molecular flexibility index (Phi) is 5.96. The standard InChI is InChI=1S/C18H20N6OS/c1-12-6-8-20-15(9-12)18-22-17(23-24-18)13(2)21-16(25)11-26-10-14-5-3-4-7-19-14/h3-9,13H,10-11H2,1-2H3,(H,21,25)(H,22,23,24). The van der Waals surface area contributed by atoms with E-state index < -0.39 is 0 Å². The monoisotopic (exact) mass is 368 g/mol. The van der Waals surface area contributed by atoms with Crippen LogP contribution in [0.25, 0.3) is 11.5 Å². The van der Waals surface area contributed by atoms with Gasteiger partial charge in [0.15, 0.2) is 5.82 Å². The van der Waals surface area contributed by atoms with Gasteiger partial charge in [-0.05, 0) is 43.7 Å². The molecule has 2 N–H and O–H groups in total. The number of amides is 1. The Morgan fingerprint density at radius 3 is 2.92 bits per heavy atom. The Bertz CT molecular complexity index is 867. The van der Waals surface area contributed by atoms with Crippen molar-refractivity contribution in [3.8, 4) is 11.5 Å². The van der Waals surface area contributed by atoms with Crippen molar-refractivity contribution < 1.29 is 4.79 Å². The van der Waals surface area contributed by atoms with Crippen LogP contribution in [-0.4, -0.2) is 36.8 Å². The molecule has 0 aliphatic heterocycles. The number of nitrogens with zero attached hydrogens (tertiary/aromatic N) is 4. The van der Waals surface area contributed by atoms with Gasteiger partial charge in [0.1, 0.15) is 11.5 Å². The Hall–Kier alpha value is -2.74. The fourth-order valence-corrected chi connectivity index (χ4v) is 3.07. The highest BCUT2D eigenvalue weighted by Crippen LogP contribution is 2.16. The van der Waals surface area contributed by atoms with Crippen LogP contribution in [0, 0.1) is 6.92 Å². The second kappa shape index (κ2) is 8.57. The van der Waals surface area contributed by atoms with E-state index in [0.717, 1.165) is 11.3 Å². The van der Waals surface area contributed by atoms with E-state index in [1.54, 1.807) is 12.4 Å². The molecule has 0 aliphatic carbocycles. The highest BCUT2D eigenvalue weighted by molar-refractivity contribution is 7.99. The summed E-state index contributed by atoms with van der Waals surface area (Å²) in [6.45, 7) is 3.86. The summed E-state index contributed by atoms with van der Waals surface area (Å²) < 4.78 is 0. The molecule has 0 fully saturated rings. The minimum absolute atomic E-state index is 0.0509. The molecule has 3 aromatic rings. The van der Waals surface area contributed by atoms with Crippen LogP contribution in [0.3, 0.4) is 0 Å². The van der Waals surface area contributed by atoms with Crippen molar-refractivity contribution >= 4 is 17.7 Å². The molecule has 0 bridgehead atoms. The third kappa shape index (κ3) is 4.89. The second-order valence-electron chi connectivity index (χ2n) is 5.87. The van der Waals surface area contributed by atoms with Gasteiger partial charge in [0.25, 0.3) is 0 Å². The summed E-state index contributed by atoms with van der Waals surface area (Å²) in [6, 6.07) is 9.34. The number of aryl methyl sites for hydroxylation is 1. The maximum absolute atomic E-state index is 12.1. The molecule has 1 atom stereocenters. The normalized spacial score (nSPS) is 11.9. The van der Waals surface area contributed by atoms with Gasteiger partial charge in [0, 0.05) is 18.1 Å². The third-order valence-electron chi connectivity index (χ3n) is 3.64. The molecule has 0 saturated carbocycles. The quantitative estimate of drug-likeness (QED) is 0.665.